The van der Waals surface area contributed by atoms with Gasteiger partial charge in [-0.3, -0.25) is 9.69 Å². The summed E-state index contributed by atoms with van der Waals surface area (Å²) in [5.41, 5.74) is 0. The minimum atomic E-state index is -0.807. The van der Waals surface area contributed by atoms with Crippen LogP contribution >= 0.6 is 0 Å². The Hall–Kier alpha value is -1.34. The summed E-state index contributed by atoms with van der Waals surface area (Å²) in [5, 5.41) is 11.8. The first-order valence-corrected chi connectivity index (χ1v) is 7.70. The number of carboxylic acid groups (broad SMARTS) is 1. The zero-order valence-corrected chi connectivity index (χ0v) is 12.8. The second-order valence-corrected chi connectivity index (χ2v) is 6.11. The summed E-state index contributed by atoms with van der Waals surface area (Å²) in [6.45, 7) is 5.62. The number of hydrogen-bond acceptors (Lipinski definition) is 4. The molecule has 2 N–H and O–H groups in total. The number of urea groups is 1. The Morgan fingerprint density at radius 1 is 1.19 bits per heavy atom. The van der Waals surface area contributed by atoms with Crippen LogP contribution in [0.1, 0.15) is 12.8 Å². The summed E-state index contributed by atoms with van der Waals surface area (Å²) < 4.78 is 0. The number of likely N-dealkylation sites (tertiary alicyclic amines) is 1. The lowest BCUT2D eigenvalue weighted by molar-refractivity contribution is -0.138. The van der Waals surface area contributed by atoms with E-state index in [4.69, 9.17) is 5.11 Å². The first-order chi connectivity index (χ1) is 10.0. The van der Waals surface area contributed by atoms with Gasteiger partial charge in [0.15, 0.2) is 0 Å². The first kappa shape index (κ1) is 16.0. The number of rotatable bonds is 4. The van der Waals surface area contributed by atoms with E-state index in [-0.39, 0.29) is 12.6 Å². The van der Waals surface area contributed by atoms with E-state index in [1.807, 2.05) is 4.90 Å². The van der Waals surface area contributed by atoms with E-state index in [9.17, 15) is 9.59 Å². The smallest absolute Gasteiger partial charge is 0.317 e. The standard InChI is InChI=1S/C14H26N4O3/c1-16-6-3-12(10-16)9-15-14(21)18-5-2-4-17(7-8-18)11-13(19)20/h12H,2-11H2,1H3,(H,15,21)(H,19,20). The average molecular weight is 298 g/mol. The van der Waals surface area contributed by atoms with E-state index in [0.29, 0.717) is 25.6 Å². The van der Waals surface area contributed by atoms with E-state index in [1.54, 1.807) is 4.90 Å². The average Bonchev–Trinajstić information content (AvgIpc) is 2.70. The lowest BCUT2D eigenvalue weighted by Crippen LogP contribution is -2.44. The molecular formula is C14H26N4O3. The van der Waals surface area contributed by atoms with Crippen LogP contribution in [-0.4, -0.2) is 91.2 Å². The van der Waals surface area contributed by atoms with Crippen molar-refractivity contribution in [2.24, 2.45) is 5.92 Å². The van der Waals surface area contributed by atoms with E-state index < -0.39 is 5.97 Å². The minimum absolute atomic E-state index is 0.0123. The normalized spacial score (nSPS) is 24.8. The molecule has 0 bridgehead atoms. The molecule has 1 unspecified atom stereocenters. The van der Waals surface area contributed by atoms with Crippen molar-refractivity contribution in [1.82, 2.24) is 20.0 Å². The molecule has 0 spiro atoms. The Morgan fingerprint density at radius 2 is 2.00 bits per heavy atom. The number of carbonyl (C=O) groups excluding carboxylic acids is 1. The van der Waals surface area contributed by atoms with Crippen LogP contribution < -0.4 is 5.32 Å². The Labute approximate surface area is 125 Å². The van der Waals surface area contributed by atoms with Gasteiger partial charge >= 0.3 is 12.0 Å². The number of amides is 2. The number of nitrogens with zero attached hydrogens (tertiary/aromatic N) is 3. The van der Waals surface area contributed by atoms with Gasteiger partial charge in [0.25, 0.3) is 0 Å². The van der Waals surface area contributed by atoms with Crippen LogP contribution in [0, 0.1) is 5.92 Å². The van der Waals surface area contributed by atoms with Gasteiger partial charge in [0.1, 0.15) is 0 Å². The molecule has 7 heteroatoms. The fourth-order valence-electron chi connectivity index (χ4n) is 3.06. The topological polar surface area (TPSA) is 76.1 Å². The maximum absolute atomic E-state index is 12.2. The van der Waals surface area contributed by atoms with Crippen LogP contribution in [0.4, 0.5) is 4.79 Å². The van der Waals surface area contributed by atoms with Gasteiger partial charge in [-0.2, -0.15) is 0 Å². The lowest BCUT2D eigenvalue weighted by atomic mass is 10.1. The Balaban J connectivity index is 1.71. The summed E-state index contributed by atoms with van der Waals surface area (Å²) in [5.74, 6) is -0.257. The summed E-state index contributed by atoms with van der Waals surface area (Å²) in [4.78, 5) is 28.9. The van der Waals surface area contributed by atoms with Gasteiger partial charge in [-0.15, -0.1) is 0 Å². The van der Waals surface area contributed by atoms with Gasteiger partial charge in [-0.1, -0.05) is 0 Å². The molecule has 0 saturated carbocycles. The van der Waals surface area contributed by atoms with Crippen molar-refractivity contribution in [2.75, 3.05) is 59.4 Å². The summed E-state index contributed by atoms with van der Waals surface area (Å²) in [6.07, 6.45) is 1.97. The third-order valence-corrected chi connectivity index (χ3v) is 4.27. The molecule has 0 radical (unpaired) electrons. The molecule has 0 aromatic rings. The Kier molecular flexibility index (Phi) is 5.81. The molecule has 2 heterocycles. The molecule has 1 atom stereocenters. The van der Waals surface area contributed by atoms with Gasteiger partial charge in [0, 0.05) is 39.3 Å². The van der Waals surface area contributed by atoms with E-state index in [0.717, 1.165) is 39.0 Å². The quantitative estimate of drug-likeness (QED) is 0.748. The van der Waals surface area contributed by atoms with Crippen LogP contribution in [0.3, 0.4) is 0 Å². The molecule has 120 valence electrons. The van der Waals surface area contributed by atoms with Crippen molar-refractivity contribution < 1.29 is 14.7 Å². The fraction of sp³-hybridized carbons (Fsp3) is 0.857. The van der Waals surface area contributed by atoms with E-state index in [1.165, 1.54) is 0 Å². The molecule has 2 aliphatic rings. The highest BCUT2D eigenvalue weighted by atomic mass is 16.4. The molecule has 2 rings (SSSR count). The Morgan fingerprint density at radius 3 is 2.67 bits per heavy atom. The molecule has 21 heavy (non-hydrogen) atoms. The summed E-state index contributed by atoms with van der Waals surface area (Å²) in [6, 6.07) is -0.0123. The number of carbonyl (C=O) groups is 2. The number of aliphatic carboxylic acids is 1. The molecule has 2 fully saturated rings. The number of nitrogens with one attached hydrogen (secondary N) is 1. The second-order valence-electron chi connectivity index (χ2n) is 6.11. The van der Waals surface area contributed by atoms with Crippen LogP contribution in [0.15, 0.2) is 0 Å². The first-order valence-electron chi connectivity index (χ1n) is 7.70. The van der Waals surface area contributed by atoms with Crippen LogP contribution in [-0.2, 0) is 4.79 Å². The zero-order valence-electron chi connectivity index (χ0n) is 12.8. The molecule has 2 amide bonds. The van der Waals surface area contributed by atoms with Gasteiger partial charge in [-0.05, 0) is 32.4 Å². The van der Waals surface area contributed by atoms with Gasteiger partial charge in [0.05, 0.1) is 6.54 Å². The predicted molar refractivity (Wildman–Crippen MR) is 79.3 cm³/mol. The van der Waals surface area contributed by atoms with Crippen LogP contribution in [0.2, 0.25) is 0 Å². The SMILES string of the molecule is CN1CCC(CNC(=O)N2CCCN(CC(=O)O)CC2)C1. The largest absolute Gasteiger partial charge is 0.480 e. The van der Waals surface area contributed by atoms with Crippen molar-refractivity contribution >= 4 is 12.0 Å². The number of hydrogen-bond donors (Lipinski definition) is 2. The summed E-state index contributed by atoms with van der Waals surface area (Å²) >= 11 is 0. The third-order valence-electron chi connectivity index (χ3n) is 4.27. The molecule has 2 aliphatic heterocycles. The maximum Gasteiger partial charge on any atom is 0.317 e. The van der Waals surface area contributed by atoms with Crippen LogP contribution in [0.25, 0.3) is 0 Å². The van der Waals surface area contributed by atoms with Crippen LogP contribution in [0.5, 0.6) is 0 Å². The monoisotopic (exact) mass is 298 g/mol. The number of carboxylic acids is 1. The predicted octanol–water partition coefficient (Wildman–Crippen LogP) is -0.260. The highest BCUT2D eigenvalue weighted by molar-refractivity contribution is 5.74. The molecule has 0 aliphatic carbocycles. The molecule has 0 aromatic carbocycles. The highest BCUT2D eigenvalue weighted by Gasteiger charge is 2.23. The zero-order chi connectivity index (χ0) is 15.2. The maximum atomic E-state index is 12.2. The van der Waals surface area contributed by atoms with Crippen molar-refractivity contribution in [2.45, 2.75) is 12.8 Å². The summed E-state index contributed by atoms with van der Waals surface area (Å²) in [7, 11) is 2.10. The third kappa shape index (κ3) is 5.17. The van der Waals surface area contributed by atoms with Crippen molar-refractivity contribution in [1.29, 1.82) is 0 Å². The molecule has 2 saturated heterocycles. The second kappa shape index (κ2) is 7.61. The fourth-order valence-corrected chi connectivity index (χ4v) is 3.06. The van der Waals surface area contributed by atoms with E-state index >= 15 is 0 Å². The van der Waals surface area contributed by atoms with Crippen molar-refractivity contribution in [3.63, 3.8) is 0 Å². The van der Waals surface area contributed by atoms with Crippen molar-refractivity contribution in [3.8, 4) is 0 Å². The van der Waals surface area contributed by atoms with E-state index in [2.05, 4.69) is 17.3 Å². The highest BCUT2D eigenvalue weighted by Crippen LogP contribution is 2.13. The molecule has 7 nitrogen and oxygen atoms in total. The molecule has 0 aromatic heterocycles. The van der Waals surface area contributed by atoms with Gasteiger partial charge in [-0.25, -0.2) is 4.79 Å². The molecular weight excluding hydrogens is 272 g/mol. The Bertz CT molecular complexity index is 377. The van der Waals surface area contributed by atoms with Gasteiger partial charge < -0.3 is 20.2 Å². The minimum Gasteiger partial charge on any atom is -0.480 e. The van der Waals surface area contributed by atoms with Crippen molar-refractivity contribution in [3.05, 3.63) is 0 Å². The lowest BCUT2D eigenvalue weighted by Gasteiger charge is -2.22. The van der Waals surface area contributed by atoms with Gasteiger partial charge in [0.2, 0.25) is 0 Å².